The van der Waals surface area contributed by atoms with Crippen molar-refractivity contribution in [1.82, 2.24) is 14.8 Å². The summed E-state index contributed by atoms with van der Waals surface area (Å²) in [7, 11) is 0. The first-order chi connectivity index (χ1) is 15.5. The summed E-state index contributed by atoms with van der Waals surface area (Å²) in [5.41, 5.74) is 3.62. The molecule has 1 atom stereocenters. The van der Waals surface area contributed by atoms with Gasteiger partial charge in [-0.05, 0) is 38.0 Å². The van der Waals surface area contributed by atoms with Crippen LogP contribution in [0.15, 0.2) is 72.2 Å². The molecule has 0 saturated heterocycles. The Balaban J connectivity index is 1.73. The van der Waals surface area contributed by atoms with Crippen molar-refractivity contribution in [3.8, 4) is 0 Å². The molecule has 2 aromatic carbocycles. The van der Waals surface area contributed by atoms with E-state index in [1.807, 2.05) is 61.5 Å². The van der Waals surface area contributed by atoms with Crippen LogP contribution in [0.1, 0.15) is 31.0 Å². The molecule has 1 unspecified atom stereocenters. The Hall–Kier alpha value is -3.94. The van der Waals surface area contributed by atoms with E-state index in [9.17, 15) is 9.59 Å². The number of aromatic nitrogens is 3. The van der Waals surface area contributed by atoms with Crippen LogP contribution in [0, 0.1) is 6.92 Å². The number of benzene rings is 2. The molecule has 3 aromatic rings. The maximum Gasteiger partial charge on any atom is 0.338 e. The van der Waals surface area contributed by atoms with Gasteiger partial charge < -0.3 is 15.0 Å². The van der Waals surface area contributed by atoms with Gasteiger partial charge in [-0.2, -0.15) is 10.1 Å². The van der Waals surface area contributed by atoms with Gasteiger partial charge in [0.15, 0.2) is 0 Å². The zero-order chi connectivity index (χ0) is 22.7. The molecule has 8 heteroatoms. The van der Waals surface area contributed by atoms with Gasteiger partial charge >= 0.3 is 5.97 Å². The first kappa shape index (κ1) is 21.3. The molecular weight excluding hydrogens is 406 g/mol. The van der Waals surface area contributed by atoms with Crippen molar-refractivity contribution in [2.24, 2.45) is 0 Å². The van der Waals surface area contributed by atoms with E-state index < -0.39 is 12.0 Å². The Bertz CT molecular complexity index is 1170. The van der Waals surface area contributed by atoms with Crippen LogP contribution in [-0.4, -0.2) is 39.8 Å². The maximum atomic E-state index is 13.0. The number of nitrogens with one attached hydrogen (secondary N) is 1. The van der Waals surface area contributed by atoms with Crippen LogP contribution in [0.3, 0.4) is 0 Å². The van der Waals surface area contributed by atoms with E-state index in [1.165, 1.54) is 6.33 Å². The number of anilines is 2. The summed E-state index contributed by atoms with van der Waals surface area (Å²) in [6.07, 6.45) is 1.43. The molecule has 8 nitrogen and oxygen atoms in total. The van der Waals surface area contributed by atoms with E-state index in [-0.39, 0.29) is 19.1 Å². The molecule has 1 N–H and O–H groups in total. The maximum absolute atomic E-state index is 13.0. The van der Waals surface area contributed by atoms with E-state index in [0.29, 0.717) is 17.2 Å². The lowest BCUT2D eigenvalue weighted by Crippen LogP contribution is -2.40. The minimum atomic E-state index is -0.497. The zero-order valence-corrected chi connectivity index (χ0v) is 18.3. The Morgan fingerprint density at radius 2 is 1.78 bits per heavy atom. The minimum absolute atomic E-state index is 0.0245. The molecule has 1 amide bonds. The van der Waals surface area contributed by atoms with Crippen molar-refractivity contribution in [2.75, 3.05) is 23.4 Å². The number of amides is 1. The summed E-state index contributed by atoms with van der Waals surface area (Å²) in [5, 5.41) is 7.32. The fraction of sp³-hybridized carbons (Fsp3) is 0.250. The number of hydrogen-bond donors (Lipinski definition) is 1. The lowest BCUT2D eigenvalue weighted by molar-refractivity contribution is -0.139. The zero-order valence-electron chi connectivity index (χ0n) is 18.3. The fourth-order valence-corrected chi connectivity index (χ4v) is 3.88. The standard InChI is InChI=1S/C24H25N5O3/c1-4-32-23(31)21-17(3)28(14-20(30)27-19-13-9-8-10-16(19)2)24-25-15-26-29(24)22(21)18-11-6-5-7-12-18/h5-13,15,22H,4,14H2,1-3H3,(H,27,30). The van der Waals surface area contributed by atoms with Crippen molar-refractivity contribution in [2.45, 2.75) is 26.8 Å². The molecule has 0 fully saturated rings. The Morgan fingerprint density at radius 1 is 1.06 bits per heavy atom. The van der Waals surface area contributed by atoms with E-state index >= 15 is 0 Å². The van der Waals surface area contributed by atoms with Gasteiger partial charge in [0, 0.05) is 11.4 Å². The highest BCUT2D eigenvalue weighted by molar-refractivity contribution is 5.97. The van der Waals surface area contributed by atoms with E-state index in [2.05, 4.69) is 15.4 Å². The monoisotopic (exact) mass is 431 g/mol. The predicted octanol–water partition coefficient (Wildman–Crippen LogP) is 3.47. The summed E-state index contributed by atoms with van der Waals surface area (Å²) in [4.78, 5) is 32.0. The first-order valence-electron chi connectivity index (χ1n) is 10.5. The number of para-hydroxylation sites is 1. The van der Waals surface area contributed by atoms with Gasteiger partial charge in [0.2, 0.25) is 11.9 Å². The molecule has 1 aromatic heterocycles. The number of nitrogens with zero attached hydrogens (tertiary/aromatic N) is 4. The first-order valence-corrected chi connectivity index (χ1v) is 10.5. The van der Waals surface area contributed by atoms with Gasteiger partial charge in [0.1, 0.15) is 18.9 Å². The van der Waals surface area contributed by atoms with Crippen molar-refractivity contribution in [3.63, 3.8) is 0 Å². The van der Waals surface area contributed by atoms with Crippen LogP contribution >= 0.6 is 0 Å². The smallest absolute Gasteiger partial charge is 0.338 e. The van der Waals surface area contributed by atoms with Gasteiger partial charge in [-0.25, -0.2) is 9.48 Å². The van der Waals surface area contributed by atoms with Crippen LogP contribution in [0.4, 0.5) is 11.6 Å². The molecule has 1 aliphatic rings. The van der Waals surface area contributed by atoms with Crippen LogP contribution in [-0.2, 0) is 14.3 Å². The summed E-state index contributed by atoms with van der Waals surface area (Å²) < 4.78 is 7.04. The molecule has 32 heavy (non-hydrogen) atoms. The van der Waals surface area contributed by atoms with Crippen molar-refractivity contribution >= 4 is 23.5 Å². The third-order valence-electron chi connectivity index (χ3n) is 5.44. The second-order valence-electron chi connectivity index (χ2n) is 7.49. The summed E-state index contributed by atoms with van der Waals surface area (Å²) >= 11 is 0. The van der Waals surface area contributed by atoms with E-state index in [0.717, 1.165) is 16.8 Å². The highest BCUT2D eigenvalue weighted by Crippen LogP contribution is 2.38. The Morgan fingerprint density at radius 3 is 2.50 bits per heavy atom. The molecule has 0 aliphatic carbocycles. The summed E-state index contributed by atoms with van der Waals surface area (Å²) in [6.45, 7) is 5.73. The third kappa shape index (κ3) is 3.99. The molecule has 4 rings (SSSR count). The van der Waals surface area contributed by atoms with Crippen LogP contribution in [0.5, 0.6) is 0 Å². The third-order valence-corrected chi connectivity index (χ3v) is 5.44. The number of allylic oxidation sites excluding steroid dienone is 1. The van der Waals surface area contributed by atoms with Gasteiger partial charge in [0.25, 0.3) is 0 Å². The van der Waals surface area contributed by atoms with Crippen LogP contribution < -0.4 is 10.2 Å². The number of carbonyl (C=O) groups is 2. The SMILES string of the molecule is CCOC(=O)C1=C(C)N(CC(=O)Nc2ccccc2C)c2ncnn2C1c1ccccc1. The number of aryl methyl sites for hydroxylation is 1. The van der Waals surface area contributed by atoms with Crippen LogP contribution in [0.2, 0.25) is 0 Å². The summed E-state index contributed by atoms with van der Waals surface area (Å²) in [6, 6.07) is 16.7. The largest absolute Gasteiger partial charge is 0.463 e. The lowest BCUT2D eigenvalue weighted by Gasteiger charge is -2.35. The molecule has 0 spiro atoms. The average molecular weight is 431 g/mol. The second-order valence-corrected chi connectivity index (χ2v) is 7.49. The number of hydrogen-bond acceptors (Lipinski definition) is 6. The van der Waals surface area contributed by atoms with Gasteiger partial charge in [-0.15, -0.1) is 0 Å². The molecule has 0 saturated carbocycles. The predicted molar refractivity (Wildman–Crippen MR) is 121 cm³/mol. The quantitative estimate of drug-likeness (QED) is 0.601. The van der Waals surface area contributed by atoms with Gasteiger partial charge in [-0.3, -0.25) is 4.79 Å². The number of rotatable bonds is 6. The number of ether oxygens (including phenoxy) is 1. The number of carbonyl (C=O) groups excluding carboxylic acids is 2. The highest BCUT2D eigenvalue weighted by Gasteiger charge is 2.38. The van der Waals surface area contributed by atoms with E-state index in [4.69, 9.17) is 4.74 Å². The normalized spacial score (nSPS) is 15.3. The number of fused-ring (bicyclic) bond motifs is 1. The van der Waals surface area contributed by atoms with Crippen LogP contribution in [0.25, 0.3) is 0 Å². The van der Waals surface area contributed by atoms with Crippen molar-refractivity contribution < 1.29 is 14.3 Å². The number of esters is 1. The highest BCUT2D eigenvalue weighted by atomic mass is 16.5. The molecular formula is C24H25N5O3. The minimum Gasteiger partial charge on any atom is -0.463 e. The van der Waals surface area contributed by atoms with Crippen molar-refractivity contribution in [3.05, 3.63) is 83.3 Å². The topological polar surface area (TPSA) is 89.3 Å². The van der Waals surface area contributed by atoms with Crippen molar-refractivity contribution in [1.29, 1.82) is 0 Å². The Kier molecular flexibility index (Phi) is 6.02. The summed E-state index contributed by atoms with van der Waals surface area (Å²) in [5.74, 6) is -0.178. The molecule has 2 heterocycles. The fourth-order valence-electron chi connectivity index (χ4n) is 3.88. The van der Waals surface area contributed by atoms with Gasteiger partial charge in [0.05, 0.1) is 12.2 Å². The Labute approximate surface area is 186 Å². The van der Waals surface area contributed by atoms with E-state index in [1.54, 1.807) is 23.4 Å². The van der Waals surface area contributed by atoms with Gasteiger partial charge in [-0.1, -0.05) is 48.5 Å². The molecule has 0 bridgehead atoms. The average Bonchev–Trinajstić information content (AvgIpc) is 3.27. The second kappa shape index (κ2) is 9.05. The molecule has 164 valence electrons. The molecule has 1 aliphatic heterocycles. The lowest BCUT2D eigenvalue weighted by atomic mass is 9.95. The molecule has 0 radical (unpaired) electrons.